The van der Waals surface area contributed by atoms with Gasteiger partial charge in [-0.1, -0.05) is 17.7 Å². The first-order chi connectivity index (χ1) is 17.4. The van der Waals surface area contributed by atoms with E-state index in [9.17, 15) is 9.59 Å². The van der Waals surface area contributed by atoms with Gasteiger partial charge in [-0.3, -0.25) is 4.79 Å². The van der Waals surface area contributed by atoms with Gasteiger partial charge in [-0.25, -0.2) is 4.79 Å². The van der Waals surface area contributed by atoms with Crippen molar-refractivity contribution in [1.82, 2.24) is 4.90 Å². The highest BCUT2D eigenvalue weighted by atomic mass is 35.5. The van der Waals surface area contributed by atoms with E-state index in [0.29, 0.717) is 53.0 Å². The largest absolute Gasteiger partial charge is 0.493 e. The molecule has 0 saturated carbocycles. The number of esters is 1. The summed E-state index contributed by atoms with van der Waals surface area (Å²) >= 11 is 6.16. The van der Waals surface area contributed by atoms with E-state index in [1.54, 1.807) is 74.6 Å². The minimum Gasteiger partial charge on any atom is -0.493 e. The summed E-state index contributed by atoms with van der Waals surface area (Å²) in [5.41, 5.74) is 2.95. The van der Waals surface area contributed by atoms with Gasteiger partial charge in [0.05, 0.1) is 32.4 Å². The number of rotatable bonds is 8. The third-order valence-electron chi connectivity index (χ3n) is 6.11. The second-order valence-corrected chi connectivity index (χ2v) is 8.67. The Hall–Kier alpha value is -3.71. The van der Waals surface area contributed by atoms with Crippen molar-refractivity contribution < 1.29 is 28.5 Å². The SMILES string of the molecule is CCOC(=O)c1ccc(OC[C@H]2c3cc(OC)c(OC)cc3CCN2C(=O)c2cccc(Cl)c2)cc1. The summed E-state index contributed by atoms with van der Waals surface area (Å²) in [5.74, 6) is 1.27. The molecule has 0 radical (unpaired) electrons. The molecule has 8 heteroatoms. The molecule has 0 bridgehead atoms. The van der Waals surface area contributed by atoms with E-state index >= 15 is 0 Å². The third kappa shape index (κ3) is 5.41. The van der Waals surface area contributed by atoms with Crippen LogP contribution in [0, 0.1) is 0 Å². The molecule has 4 rings (SSSR count). The Labute approximate surface area is 215 Å². The number of methoxy groups -OCH3 is 2. The summed E-state index contributed by atoms with van der Waals surface area (Å²) in [6.45, 7) is 2.78. The van der Waals surface area contributed by atoms with E-state index in [4.69, 9.17) is 30.5 Å². The monoisotopic (exact) mass is 509 g/mol. The molecule has 0 fully saturated rings. The van der Waals surface area contributed by atoms with Crippen molar-refractivity contribution in [1.29, 1.82) is 0 Å². The first-order valence-corrected chi connectivity index (χ1v) is 12.0. The zero-order valence-electron chi connectivity index (χ0n) is 20.5. The molecule has 0 unspecified atom stereocenters. The molecule has 0 N–H and O–H groups in total. The number of amides is 1. The quantitative estimate of drug-likeness (QED) is 0.381. The molecule has 1 heterocycles. The first kappa shape index (κ1) is 25.4. The molecule has 3 aromatic carbocycles. The van der Waals surface area contributed by atoms with E-state index in [2.05, 4.69) is 0 Å². The Morgan fingerprint density at radius 3 is 2.36 bits per heavy atom. The minimum absolute atomic E-state index is 0.135. The van der Waals surface area contributed by atoms with Gasteiger partial charge in [0.2, 0.25) is 0 Å². The van der Waals surface area contributed by atoms with Crippen LogP contribution in [0.4, 0.5) is 0 Å². The van der Waals surface area contributed by atoms with Gasteiger partial charge in [0.25, 0.3) is 5.91 Å². The number of fused-ring (bicyclic) bond motifs is 1. The van der Waals surface area contributed by atoms with Crippen LogP contribution >= 0.6 is 11.6 Å². The van der Waals surface area contributed by atoms with Crippen molar-refractivity contribution in [2.45, 2.75) is 19.4 Å². The number of hydrogen-bond acceptors (Lipinski definition) is 6. The molecule has 7 nitrogen and oxygen atoms in total. The van der Waals surface area contributed by atoms with Gasteiger partial charge in [0.1, 0.15) is 12.4 Å². The van der Waals surface area contributed by atoms with E-state index in [-0.39, 0.29) is 24.5 Å². The van der Waals surface area contributed by atoms with E-state index in [1.807, 2.05) is 12.1 Å². The van der Waals surface area contributed by atoms with Crippen LogP contribution in [-0.4, -0.2) is 50.8 Å². The van der Waals surface area contributed by atoms with Crippen LogP contribution in [0.25, 0.3) is 0 Å². The van der Waals surface area contributed by atoms with Crippen LogP contribution < -0.4 is 14.2 Å². The van der Waals surface area contributed by atoms with Crippen LogP contribution in [0.2, 0.25) is 5.02 Å². The average Bonchev–Trinajstić information content (AvgIpc) is 2.90. The van der Waals surface area contributed by atoms with Crippen molar-refractivity contribution >= 4 is 23.5 Å². The normalized spacial score (nSPS) is 14.6. The Morgan fingerprint density at radius 1 is 0.972 bits per heavy atom. The van der Waals surface area contributed by atoms with Gasteiger partial charge in [0.15, 0.2) is 11.5 Å². The third-order valence-corrected chi connectivity index (χ3v) is 6.34. The lowest BCUT2D eigenvalue weighted by Crippen LogP contribution is -2.42. The lowest BCUT2D eigenvalue weighted by atomic mass is 9.91. The van der Waals surface area contributed by atoms with Crippen LogP contribution in [0.5, 0.6) is 17.2 Å². The van der Waals surface area contributed by atoms with Gasteiger partial charge < -0.3 is 23.8 Å². The molecule has 1 aliphatic rings. The number of carbonyl (C=O) groups excluding carboxylic acids is 2. The Kier molecular flexibility index (Phi) is 8.00. The van der Waals surface area contributed by atoms with Crippen molar-refractivity contribution in [3.8, 4) is 17.2 Å². The lowest BCUT2D eigenvalue weighted by Gasteiger charge is -2.37. The first-order valence-electron chi connectivity index (χ1n) is 11.7. The van der Waals surface area contributed by atoms with Crippen LogP contribution in [0.15, 0.2) is 60.7 Å². The lowest BCUT2D eigenvalue weighted by molar-refractivity contribution is 0.0524. The molecule has 188 valence electrons. The van der Waals surface area contributed by atoms with Gasteiger partial charge in [-0.15, -0.1) is 0 Å². The summed E-state index contributed by atoms with van der Waals surface area (Å²) in [6.07, 6.45) is 0.659. The molecule has 1 aliphatic heterocycles. The standard InChI is InChI=1S/C28H28ClNO6/c1-4-35-28(32)18-8-10-22(11-9-18)36-17-24-23-16-26(34-3)25(33-2)15-19(23)12-13-30(24)27(31)20-6-5-7-21(29)14-20/h5-11,14-16,24H,4,12-13,17H2,1-3H3/t24-/m0/s1. The fourth-order valence-corrected chi connectivity index (χ4v) is 4.51. The fraction of sp³-hybridized carbons (Fsp3) is 0.286. The molecule has 0 saturated heterocycles. The maximum atomic E-state index is 13.5. The minimum atomic E-state index is -0.385. The van der Waals surface area contributed by atoms with Crippen LogP contribution in [0.1, 0.15) is 44.8 Å². The molecule has 0 aromatic heterocycles. The van der Waals surface area contributed by atoms with E-state index in [0.717, 1.165) is 11.1 Å². The molecular weight excluding hydrogens is 482 g/mol. The van der Waals surface area contributed by atoms with Gasteiger partial charge in [-0.2, -0.15) is 0 Å². The summed E-state index contributed by atoms with van der Waals surface area (Å²) in [5, 5.41) is 0.499. The maximum Gasteiger partial charge on any atom is 0.338 e. The highest BCUT2D eigenvalue weighted by molar-refractivity contribution is 6.30. The van der Waals surface area contributed by atoms with Crippen molar-refractivity contribution in [3.63, 3.8) is 0 Å². The van der Waals surface area contributed by atoms with Crippen molar-refractivity contribution in [3.05, 3.63) is 87.9 Å². The smallest absolute Gasteiger partial charge is 0.338 e. The second-order valence-electron chi connectivity index (χ2n) is 8.24. The topological polar surface area (TPSA) is 74.3 Å². The van der Waals surface area contributed by atoms with E-state index in [1.165, 1.54) is 0 Å². The summed E-state index contributed by atoms with van der Waals surface area (Å²) in [6, 6.07) is 17.1. The predicted octanol–water partition coefficient (Wildman–Crippen LogP) is 5.35. The number of ether oxygens (including phenoxy) is 4. The van der Waals surface area contributed by atoms with Crippen LogP contribution in [-0.2, 0) is 11.2 Å². The molecule has 36 heavy (non-hydrogen) atoms. The molecular formula is C28H28ClNO6. The zero-order valence-corrected chi connectivity index (χ0v) is 21.2. The van der Waals surface area contributed by atoms with E-state index < -0.39 is 0 Å². The second kappa shape index (κ2) is 11.4. The highest BCUT2D eigenvalue weighted by Gasteiger charge is 2.33. The predicted molar refractivity (Wildman–Crippen MR) is 136 cm³/mol. The highest BCUT2D eigenvalue weighted by Crippen LogP contribution is 2.39. The summed E-state index contributed by atoms with van der Waals surface area (Å²) in [4.78, 5) is 27.3. The van der Waals surface area contributed by atoms with Gasteiger partial charge >= 0.3 is 5.97 Å². The van der Waals surface area contributed by atoms with Gasteiger partial charge in [0, 0.05) is 17.1 Å². The van der Waals surface area contributed by atoms with Crippen molar-refractivity contribution in [2.24, 2.45) is 0 Å². The Balaban J connectivity index is 1.64. The average molecular weight is 510 g/mol. The zero-order chi connectivity index (χ0) is 25.7. The van der Waals surface area contributed by atoms with Crippen molar-refractivity contribution in [2.75, 3.05) is 34.0 Å². The fourth-order valence-electron chi connectivity index (χ4n) is 4.32. The van der Waals surface area contributed by atoms with Gasteiger partial charge in [-0.05, 0) is 79.1 Å². The summed E-state index contributed by atoms with van der Waals surface area (Å²) in [7, 11) is 3.18. The number of benzene rings is 3. The number of hydrogen-bond donors (Lipinski definition) is 0. The molecule has 3 aromatic rings. The Morgan fingerprint density at radius 2 is 1.69 bits per heavy atom. The summed E-state index contributed by atoms with van der Waals surface area (Å²) < 4.78 is 22.2. The number of carbonyl (C=O) groups is 2. The molecule has 0 aliphatic carbocycles. The number of halogens is 1. The maximum absolute atomic E-state index is 13.5. The number of nitrogens with zero attached hydrogens (tertiary/aromatic N) is 1. The molecule has 1 atom stereocenters. The Bertz CT molecular complexity index is 1240. The van der Waals surface area contributed by atoms with Crippen LogP contribution in [0.3, 0.4) is 0 Å². The molecule has 0 spiro atoms. The molecule has 1 amide bonds.